The number of aryl methyl sites for hydroxylation is 1. The monoisotopic (exact) mass is 521 g/mol. The van der Waals surface area contributed by atoms with Crippen LogP contribution in [0.1, 0.15) is 54.1 Å². The van der Waals surface area contributed by atoms with Gasteiger partial charge in [-0.25, -0.2) is 0 Å². The number of alkyl halides is 6. The van der Waals surface area contributed by atoms with Crippen LogP contribution in [0.25, 0.3) is 0 Å². The van der Waals surface area contributed by atoms with Crippen LogP contribution >= 0.6 is 0 Å². The standard InChI is InChI=1S/C23H25F6N3O4/c1-12(2)18(33)9-16-8-15(7-13(3)30-16)14(4)31-20(34)17-5-6-19(35-10-22(24,25)26)32-21(17)36-11-23(27,28)29/h5-8,12,14H,9-11H2,1-4H3,(H,31,34). The molecule has 36 heavy (non-hydrogen) atoms. The van der Waals surface area contributed by atoms with Crippen molar-refractivity contribution in [2.45, 2.75) is 52.5 Å². The van der Waals surface area contributed by atoms with Crippen LogP contribution in [0.5, 0.6) is 11.8 Å². The van der Waals surface area contributed by atoms with E-state index in [0.717, 1.165) is 12.1 Å². The Labute approximate surface area is 203 Å². The molecule has 7 nitrogen and oxygen atoms in total. The van der Waals surface area contributed by atoms with E-state index in [-0.39, 0.29) is 18.1 Å². The molecule has 2 rings (SSSR count). The highest BCUT2D eigenvalue weighted by molar-refractivity contribution is 5.96. The normalized spacial score (nSPS) is 12.9. The third-order valence-electron chi connectivity index (χ3n) is 4.71. The van der Waals surface area contributed by atoms with Crippen molar-refractivity contribution in [2.24, 2.45) is 5.92 Å². The first kappa shape index (κ1) is 28.9. The lowest BCUT2D eigenvalue weighted by Crippen LogP contribution is -2.29. The maximum atomic E-state index is 12.8. The summed E-state index contributed by atoms with van der Waals surface area (Å²) in [6.07, 6.45) is -9.41. The number of Topliss-reactive ketones (excluding diaryl/α,β-unsaturated/α-hetero) is 1. The number of pyridine rings is 2. The molecule has 0 spiro atoms. The Balaban J connectivity index is 2.26. The lowest BCUT2D eigenvalue weighted by molar-refractivity contribution is -0.155. The van der Waals surface area contributed by atoms with E-state index >= 15 is 0 Å². The summed E-state index contributed by atoms with van der Waals surface area (Å²) in [6.45, 7) is 3.26. The van der Waals surface area contributed by atoms with E-state index in [0.29, 0.717) is 17.0 Å². The predicted molar refractivity (Wildman–Crippen MR) is 116 cm³/mol. The van der Waals surface area contributed by atoms with Crippen LogP contribution in [-0.4, -0.2) is 47.2 Å². The molecule has 0 aromatic carbocycles. The lowest BCUT2D eigenvalue weighted by atomic mass is 10.0. The summed E-state index contributed by atoms with van der Waals surface area (Å²) >= 11 is 0. The Bertz CT molecular complexity index is 1090. The Morgan fingerprint density at radius 1 is 0.944 bits per heavy atom. The Hall–Kier alpha value is -3.38. The molecule has 0 aliphatic carbocycles. The van der Waals surface area contributed by atoms with Gasteiger partial charge in [-0.1, -0.05) is 13.8 Å². The number of nitrogens with one attached hydrogen (secondary N) is 1. The summed E-state index contributed by atoms with van der Waals surface area (Å²) in [5.41, 5.74) is 1.22. The molecular weight excluding hydrogens is 496 g/mol. The highest BCUT2D eigenvalue weighted by atomic mass is 19.4. The quantitative estimate of drug-likeness (QED) is 0.446. The number of halogens is 6. The minimum atomic E-state index is -4.79. The Kier molecular flexibility index (Phi) is 9.27. The smallest absolute Gasteiger partial charge is 0.422 e. The zero-order valence-electron chi connectivity index (χ0n) is 19.9. The second-order valence-corrected chi connectivity index (χ2v) is 8.34. The van der Waals surface area contributed by atoms with Crippen molar-refractivity contribution < 1.29 is 45.4 Å². The second-order valence-electron chi connectivity index (χ2n) is 8.34. The summed E-state index contributed by atoms with van der Waals surface area (Å²) in [5, 5.41) is 2.58. The molecule has 0 bridgehead atoms. The fourth-order valence-corrected chi connectivity index (χ4v) is 2.94. The summed E-state index contributed by atoms with van der Waals surface area (Å²) in [7, 11) is 0. The van der Waals surface area contributed by atoms with Gasteiger partial charge in [0.2, 0.25) is 11.8 Å². The molecule has 198 valence electrons. The Morgan fingerprint density at radius 3 is 2.14 bits per heavy atom. The van der Waals surface area contributed by atoms with Gasteiger partial charge in [0.1, 0.15) is 11.3 Å². The van der Waals surface area contributed by atoms with Gasteiger partial charge in [-0.15, -0.1) is 0 Å². The molecule has 13 heteroatoms. The van der Waals surface area contributed by atoms with Crippen molar-refractivity contribution in [3.05, 3.63) is 46.8 Å². The number of rotatable bonds is 10. The molecule has 1 atom stereocenters. The van der Waals surface area contributed by atoms with E-state index in [1.807, 2.05) is 0 Å². The maximum absolute atomic E-state index is 12.8. The highest BCUT2D eigenvalue weighted by Crippen LogP contribution is 2.26. The lowest BCUT2D eigenvalue weighted by Gasteiger charge is -2.18. The van der Waals surface area contributed by atoms with Crippen LogP contribution in [0.4, 0.5) is 26.3 Å². The molecule has 0 fully saturated rings. The first-order chi connectivity index (χ1) is 16.5. The number of hydrogen-bond donors (Lipinski definition) is 1. The summed E-state index contributed by atoms with van der Waals surface area (Å²) in [6, 6.07) is 4.49. The van der Waals surface area contributed by atoms with Crippen LogP contribution in [0.2, 0.25) is 0 Å². The molecule has 0 aliphatic rings. The Morgan fingerprint density at radius 2 is 1.56 bits per heavy atom. The van der Waals surface area contributed by atoms with Gasteiger partial charge in [0, 0.05) is 29.8 Å². The van der Waals surface area contributed by atoms with E-state index in [9.17, 15) is 35.9 Å². The van der Waals surface area contributed by atoms with Gasteiger partial charge in [-0.05, 0) is 37.6 Å². The second kappa shape index (κ2) is 11.6. The predicted octanol–water partition coefficient (Wildman–Crippen LogP) is 4.93. The van der Waals surface area contributed by atoms with Crippen LogP contribution in [0.3, 0.4) is 0 Å². The van der Waals surface area contributed by atoms with Crippen molar-refractivity contribution in [1.82, 2.24) is 15.3 Å². The third kappa shape index (κ3) is 9.34. The number of ether oxygens (including phenoxy) is 2. The SMILES string of the molecule is Cc1cc(C(C)NC(=O)c2ccc(OCC(F)(F)F)nc2OCC(F)(F)F)cc(CC(=O)C(C)C)n1. The summed E-state index contributed by atoms with van der Waals surface area (Å²) in [5.74, 6) is -2.62. The molecule has 0 saturated heterocycles. The van der Waals surface area contributed by atoms with Gasteiger partial charge in [0.25, 0.3) is 5.91 Å². The van der Waals surface area contributed by atoms with Crippen LogP contribution in [0.15, 0.2) is 24.3 Å². The minimum absolute atomic E-state index is 0.0268. The molecule has 1 N–H and O–H groups in total. The van der Waals surface area contributed by atoms with Gasteiger partial charge in [0.15, 0.2) is 13.2 Å². The maximum Gasteiger partial charge on any atom is 0.422 e. The van der Waals surface area contributed by atoms with Gasteiger partial charge >= 0.3 is 12.4 Å². The molecule has 1 unspecified atom stereocenters. The van der Waals surface area contributed by atoms with E-state index in [2.05, 4.69) is 24.8 Å². The fraction of sp³-hybridized carbons (Fsp3) is 0.478. The minimum Gasteiger partial charge on any atom is -0.468 e. The van der Waals surface area contributed by atoms with Gasteiger partial charge in [0.05, 0.1) is 6.04 Å². The van der Waals surface area contributed by atoms with Gasteiger partial charge in [-0.3, -0.25) is 14.6 Å². The van der Waals surface area contributed by atoms with E-state index in [1.54, 1.807) is 39.8 Å². The number of hydrogen-bond acceptors (Lipinski definition) is 6. The van der Waals surface area contributed by atoms with Crippen molar-refractivity contribution in [1.29, 1.82) is 0 Å². The molecule has 0 aliphatic heterocycles. The molecular formula is C23H25F6N3O4. The van der Waals surface area contributed by atoms with Crippen LogP contribution in [-0.2, 0) is 11.2 Å². The third-order valence-corrected chi connectivity index (χ3v) is 4.71. The topological polar surface area (TPSA) is 90.4 Å². The van der Waals surface area contributed by atoms with Crippen molar-refractivity contribution in [2.75, 3.05) is 13.2 Å². The van der Waals surface area contributed by atoms with E-state index < -0.39 is 54.8 Å². The van der Waals surface area contributed by atoms with E-state index in [1.165, 1.54) is 0 Å². The van der Waals surface area contributed by atoms with E-state index in [4.69, 9.17) is 0 Å². The average Bonchev–Trinajstić information content (AvgIpc) is 2.74. The number of ketones is 1. The molecule has 2 aromatic heterocycles. The molecule has 2 aromatic rings. The molecule has 1 amide bonds. The number of amides is 1. The largest absolute Gasteiger partial charge is 0.468 e. The summed E-state index contributed by atoms with van der Waals surface area (Å²) in [4.78, 5) is 32.7. The molecule has 0 radical (unpaired) electrons. The van der Waals surface area contributed by atoms with Crippen molar-refractivity contribution >= 4 is 11.7 Å². The fourth-order valence-electron chi connectivity index (χ4n) is 2.94. The zero-order chi connectivity index (χ0) is 27.3. The number of aromatic nitrogens is 2. The number of carbonyl (C=O) groups excluding carboxylic acids is 2. The van der Waals surface area contributed by atoms with Crippen molar-refractivity contribution in [3.8, 4) is 11.8 Å². The zero-order valence-corrected chi connectivity index (χ0v) is 19.9. The first-order valence-electron chi connectivity index (χ1n) is 10.7. The molecule has 0 saturated carbocycles. The number of nitrogens with zero attached hydrogens (tertiary/aromatic N) is 2. The first-order valence-corrected chi connectivity index (χ1v) is 10.7. The van der Waals surface area contributed by atoms with Crippen LogP contribution in [0, 0.1) is 12.8 Å². The summed E-state index contributed by atoms with van der Waals surface area (Å²) < 4.78 is 84.2. The van der Waals surface area contributed by atoms with Crippen molar-refractivity contribution in [3.63, 3.8) is 0 Å². The van der Waals surface area contributed by atoms with Crippen LogP contribution < -0.4 is 14.8 Å². The molecule has 2 heterocycles. The van der Waals surface area contributed by atoms with Gasteiger partial charge < -0.3 is 14.8 Å². The highest BCUT2D eigenvalue weighted by Gasteiger charge is 2.31. The van der Waals surface area contributed by atoms with Gasteiger partial charge in [-0.2, -0.15) is 31.3 Å². The number of carbonyl (C=O) groups is 2. The average molecular weight is 521 g/mol.